The van der Waals surface area contributed by atoms with Crippen molar-refractivity contribution in [3.63, 3.8) is 0 Å². The van der Waals surface area contributed by atoms with Gasteiger partial charge >= 0.3 is 0 Å². The molecule has 0 heterocycles. The van der Waals surface area contributed by atoms with Crippen LogP contribution in [0.5, 0.6) is 0 Å². The third kappa shape index (κ3) is 6.41. The molecule has 3 aliphatic carbocycles. The molecule has 0 aromatic heterocycles. The average Bonchev–Trinajstić information content (AvgIpc) is 4.00. The van der Waals surface area contributed by atoms with Gasteiger partial charge in [0.05, 0.1) is 0 Å². The third-order valence-corrected chi connectivity index (χ3v) is 17.3. The summed E-state index contributed by atoms with van der Waals surface area (Å²) in [5, 5.41) is 5.22. The van der Waals surface area contributed by atoms with E-state index in [0.717, 1.165) is 0 Å². The van der Waals surface area contributed by atoms with E-state index in [2.05, 4.69) is 270 Å². The van der Waals surface area contributed by atoms with Gasteiger partial charge in [0.2, 0.25) is 0 Å². The van der Waals surface area contributed by atoms with E-state index in [0.29, 0.717) is 0 Å². The molecule has 74 heavy (non-hydrogen) atoms. The summed E-state index contributed by atoms with van der Waals surface area (Å²) in [7, 11) is 0. The van der Waals surface area contributed by atoms with Crippen molar-refractivity contribution in [1.82, 2.24) is 0 Å². The normalized spacial score (nSPS) is 13.9. The predicted octanol–water partition coefficient (Wildman–Crippen LogP) is 20.3. The van der Waals surface area contributed by atoms with Crippen LogP contribution >= 0.6 is 0 Å². The highest BCUT2D eigenvalue weighted by Gasteiger charge is 2.38. The molecule has 0 bridgehead atoms. The maximum atomic E-state index is 2.47. The van der Waals surface area contributed by atoms with Gasteiger partial charge in [-0.25, -0.2) is 0 Å². The molecule has 0 nitrogen and oxygen atoms in total. The number of benzene rings is 12. The lowest BCUT2D eigenvalue weighted by atomic mass is 9.79. The topological polar surface area (TPSA) is 0 Å². The molecule has 0 heteroatoms. The van der Waals surface area contributed by atoms with Crippen molar-refractivity contribution in [3.05, 3.63) is 265 Å². The molecule has 12 aromatic rings. The summed E-state index contributed by atoms with van der Waals surface area (Å²) in [6.45, 7) is 9.60. The highest BCUT2D eigenvalue weighted by atomic mass is 14.4. The lowest BCUT2D eigenvalue weighted by Crippen LogP contribution is -2.15. The van der Waals surface area contributed by atoms with Gasteiger partial charge in [0, 0.05) is 10.8 Å². The zero-order chi connectivity index (χ0) is 49.5. The van der Waals surface area contributed by atoms with Crippen molar-refractivity contribution in [2.45, 2.75) is 38.5 Å². The van der Waals surface area contributed by atoms with Crippen molar-refractivity contribution in [1.29, 1.82) is 0 Å². The Morgan fingerprint density at radius 3 is 0.986 bits per heavy atom. The Bertz CT molecular complexity index is 4280. The number of rotatable bonds is 6. The predicted molar refractivity (Wildman–Crippen MR) is 314 cm³/mol. The van der Waals surface area contributed by atoms with E-state index in [9.17, 15) is 0 Å². The number of hydrogen-bond acceptors (Lipinski definition) is 0. The number of hydrogen-bond donors (Lipinski definition) is 0. The summed E-state index contributed by atoms with van der Waals surface area (Å²) >= 11 is 0. The molecule has 0 amide bonds. The quantitative estimate of drug-likeness (QED) is 0.156. The Kier molecular flexibility index (Phi) is 9.16. The fourth-order valence-corrected chi connectivity index (χ4v) is 13.2. The van der Waals surface area contributed by atoms with Gasteiger partial charge in [-0.05, 0) is 185 Å². The second-order valence-corrected chi connectivity index (χ2v) is 22.0. The third-order valence-electron chi connectivity index (χ3n) is 17.3. The maximum Gasteiger partial charge on any atom is 0.0159 e. The van der Waals surface area contributed by atoms with Crippen LogP contribution in [0.15, 0.2) is 243 Å². The molecule has 0 unspecified atom stereocenters. The minimum Gasteiger partial charge on any atom is -0.0616 e. The fraction of sp³-hybridized carbons (Fsp3) is 0.0811. The lowest BCUT2D eigenvalue weighted by Gasteiger charge is -2.24. The van der Waals surface area contributed by atoms with Crippen LogP contribution in [0.4, 0.5) is 0 Å². The van der Waals surface area contributed by atoms with E-state index >= 15 is 0 Å². The minimum absolute atomic E-state index is 0.146. The van der Waals surface area contributed by atoms with Crippen molar-refractivity contribution >= 4 is 21.5 Å². The number of fused-ring (bicyclic) bond motifs is 10. The second kappa shape index (κ2) is 15.8. The molecule has 0 saturated carbocycles. The van der Waals surface area contributed by atoms with E-state index < -0.39 is 0 Å². The standard InChI is InChI=1S/C74H52/c1-73(2)68-41-54(49-22-18-47(19-23-49)46-16-20-48(21-17-46)53-29-26-45-10-5-6-11-52(45)40-53)30-34-61(68)63-36-32-56(43-70(63)73)57-33-37-64-62-35-31-55(42-69(62)74(3,4)71(64)44-57)50-24-27-51(28-25-50)58-38-39-67-60-13-8-7-12-59(60)66-15-9-14-65(58)72(66)67/h5-44H,1-4H3. The zero-order valence-corrected chi connectivity index (χ0v) is 42.1. The average molecular weight is 941 g/mol. The first kappa shape index (κ1) is 42.8. The van der Waals surface area contributed by atoms with Gasteiger partial charge in [0.15, 0.2) is 0 Å². The molecule has 0 atom stereocenters. The van der Waals surface area contributed by atoms with Crippen molar-refractivity contribution in [2.24, 2.45) is 0 Å². The Balaban J connectivity index is 0.675. The Labute approximate surface area is 433 Å². The smallest absolute Gasteiger partial charge is 0.0159 e. The highest BCUT2D eigenvalue weighted by Crippen LogP contribution is 2.54. The summed E-state index contributed by atoms with van der Waals surface area (Å²) in [4.78, 5) is 0. The first-order valence-corrected chi connectivity index (χ1v) is 26.2. The molecular weight excluding hydrogens is 889 g/mol. The molecule has 0 aliphatic heterocycles. The second-order valence-electron chi connectivity index (χ2n) is 22.0. The van der Waals surface area contributed by atoms with Crippen LogP contribution in [0.3, 0.4) is 0 Å². The van der Waals surface area contributed by atoms with Crippen LogP contribution in [0.25, 0.3) is 133 Å². The van der Waals surface area contributed by atoms with Gasteiger partial charge < -0.3 is 0 Å². The zero-order valence-electron chi connectivity index (χ0n) is 42.1. The fourth-order valence-electron chi connectivity index (χ4n) is 13.2. The van der Waals surface area contributed by atoms with Gasteiger partial charge in [-0.3, -0.25) is 0 Å². The van der Waals surface area contributed by atoms with E-state index in [1.54, 1.807) is 0 Å². The van der Waals surface area contributed by atoms with E-state index in [1.807, 2.05) is 0 Å². The Hall–Kier alpha value is -8.84. The SMILES string of the molecule is CC1(C)c2cc(-c3ccc(-c4ccc(-c5ccc6ccccc6c5)cc4)cc3)ccc2-c2ccc(-c3ccc4c(c3)C(C)(C)c3cc(-c5ccc(-c6ccc7c8c(cccc68)-c6ccccc6-7)cc5)ccc3-4)cc21. The van der Waals surface area contributed by atoms with Crippen LogP contribution in [0.2, 0.25) is 0 Å². The summed E-state index contributed by atoms with van der Waals surface area (Å²) < 4.78 is 0. The molecule has 0 saturated heterocycles. The van der Waals surface area contributed by atoms with Crippen molar-refractivity contribution < 1.29 is 0 Å². The molecule has 0 spiro atoms. The van der Waals surface area contributed by atoms with Crippen molar-refractivity contribution in [2.75, 3.05) is 0 Å². The summed E-state index contributed by atoms with van der Waals surface area (Å²) in [5.41, 5.74) is 31.0. The van der Waals surface area contributed by atoms with E-state index in [-0.39, 0.29) is 10.8 Å². The van der Waals surface area contributed by atoms with E-state index in [4.69, 9.17) is 0 Å². The molecule has 12 aromatic carbocycles. The lowest BCUT2D eigenvalue weighted by molar-refractivity contribution is 0.660. The summed E-state index contributed by atoms with van der Waals surface area (Å²) in [6, 6.07) is 91.4. The molecule has 3 aliphatic rings. The van der Waals surface area contributed by atoms with Gasteiger partial charge in [-0.2, -0.15) is 0 Å². The molecule has 0 N–H and O–H groups in total. The molecular formula is C74H52. The first-order chi connectivity index (χ1) is 36.2. The first-order valence-electron chi connectivity index (χ1n) is 26.2. The van der Waals surface area contributed by atoms with Crippen LogP contribution in [-0.2, 0) is 10.8 Å². The van der Waals surface area contributed by atoms with Crippen LogP contribution in [-0.4, -0.2) is 0 Å². The van der Waals surface area contributed by atoms with Gasteiger partial charge in [-0.1, -0.05) is 240 Å². The monoisotopic (exact) mass is 940 g/mol. The summed E-state index contributed by atoms with van der Waals surface area (Å²) in [5.74, 6) is 0. The van der Waals surface area contributed by atoms with Crippen molar-refractivity contribution in [3.8, 4) is 111 Å². The minimum atomic E-state index is -0.150. The maximum absolute atomic E-state index is 2.47. The highest BCUT2D eigenvalue weighted by molar-refractivity contribution is 6.18. The molecule has 15 rings (SSSR count). The van der Waals surface area contributed by atoms with Crippen LogP contribution < -0.4 is 0 Å². The van der Waals surface area contributed by atoms with Crippen LogP contribution in [0.1, 0.15) is 49.9 Å². The van der Waals surface area contributed by atoms with E-state index in [1.165, 1.54) is 155 Å². The van der Waals surface area contributed by atoms with Gasteiger partial charge in [-0.15, -0.1) is 0 Å². The van der Waals surface area contributed by atoms with Gasteiger partial charge in [0.1, 0.15) is 0 Å². The van der Waals surface area contributed by atoms with Gasteiger partial charge in [0.25, 0.3) is 0 Å². The largest absolute Gasteiger partial charge is 0.0616 e. The molecule has 348 valence electrons. The van der Waals surface area contributed by atoms with Crippen LogP contribution in [0, 0.1) is 0 Å². The molecule has 0 fully saturated rings. The Morgan fingerprint density at radius 1 is 0.203 bits per heavy atom. The Morgan fingerprint density at radius 2 is 0.514 bits per heavy atom. The summed E-state index contributed by atoms with van der Waals surface area (Å²) in [6.07, 6.45) is 0. The molecule has 0 radical (unpaired) electrons.